The van der Waals surface area contributed by atoms with E-state index >= 15 is 0 Å². The van der Waals surface area contributed by atoms with Gasteiger partial charge >= 0.3 is 0 Å². The summed E-state index contributed by atoms with van der Waals surface area (Å²) in [5.74, 6) is 1.17. The molecule has 3 rings (SSSR count). The molecule has 156 valence electrons. The Hall–Kier alpha value is -2.71. The van der Waals surface area contributed by atoms with Crippen molar-refractivity contribution in [1.82, 2.24) is 19.5 Å². The lowest BCUT2D eigenvalue weighted by atomic mass is 10.1. The van der Waals surface area contributed by atoms with Crippen LogP contribution in [0.4, 0.5) is 11.8 Å². The molecular formula is C21H30N6O2. The van der Waals surface area contributed by atoms with Gasteiger partial charge in [-0.2, -0.15) is 9.97 Å². The zero-order valence-electron chi connectivity index (χ0n) is 17.4. The molecule has 2 atom stereocenters. The minimum atomic E-state index is -0.329. The van der Waals surface area contributed by atoms with Crippen molar-refractivity contribution in [2.45, 2.75) is 45.8 Å². The highest BCUT2D eigenvalue weighted by atomic mass is 16.3. The molecule has 0 radical (unpaired) electrons. The predicted octanol–water partition coefficient (Wildman–Crippen LogP) is 2.98. The van der Waals surface area contributed by atoms with Crippen molar-refractivity contribution in [2.24, 2.45) is 5.92 Å². The highest BCUT2D eigenvalue weighted by Gasteiger charge is 2.20. The zero-order chi connectivity index (χ0) is 21.0. The number of imidazole rings is 1. The molecule has 0 aliphatic carbocycles. The number of aliphatic hydroxyl groups is 2. The largest absolute Gasteiger partial charge is 0.394 e. The van der Waals surface area contributed by atoms with E-state index in [1.165, 1.54) is 0 Å². The molecule has 0 aliphatic heterocycles. The van der Waals surface area contributed by atoms with E-state index in [4.69, 9.17) is 0 Å². The van der Waals surface area contributed by atoms with Crippen LogP contribution in [-0.4, -0.2) is 49.0 Å². The maximum absolute atomic E-state index is 9.95. The normalized spacial score (nSPS) is 13.8. The Bertz CT molecular complexity index is 926. The summed E-state index contributed by atoms with van der Waals surface area (Å²) in [4.78, 5) is 13.8. The molecule has 2 heterocycles. The van der Waals surface area contributed by atoms with Crippen LogP contribution in [0.25, 0.3) is 11.2 Å². The number of hydrogen-bond donors (Lipinski definition) is 4. The molecule has 0 unspecified atom stereocenters. The lowest BCUT2D eigenvalue weighted by molar-refractivity contribution is 0.248. The third-order valence-corrected chi connectivity index (χ3v) is 4.99. The quantitative estimate of drug-likeness (QED) is 0.439. The van der Waals surface area contributed by atoms with E-state index in [-0.39, 0.29) is 37.3 Å². The molecule has 0 saturated heterocycles. The van der Waals surface area contributed by atoms with E-state index in [1.807, 2.05) is 48.7 Å². The molecule has 8 heteroatoms. The SMILES string of the molecule is CC(C)[C@H](CO)Nc1nc(N[C@H](CO)c2ccccc2)c2ncn(C(C)C)c2n1. The van der Waals surface area contributed by atoms with Crippen LogP contribution < -0.4 is 10.6 Å². The van der Waals surface area contributed by atoms with Crippen LogP contribution in [0.3, 0.4) is 0 Å². The summed E-state index contributed by atoms with van der Waals surface area (Å²) in [5.41, 5.74) is 2.30. The van der Waals surface area contributed by atoms with Gasteiger partial charge in [0, 0.05) is 6.04 Å². The van der Waals surface area contributed by atoms with Gasteiger partial charge in [-0.25, -0.2) is 4.98 Å². The number of rotatable bonds is 9. The van der Waals surface area contributed by atoms with Gasteiger partial charge in [0.05, 0.1) is 31.6 Å². The lowest BCUT2D eigenvalue weighted by Crippen LogP contribution is -2.30. The minimum absolute atomic E-state index is 0.0193. The summed E-state index contributed by atoms with van der Waals surface area (Å²) in [6.45, 7) is 8.08. The van der Waals surface area contributed by atoms with Crippen molar-refractivity contribution < 1.29 is 10.2 Å². The van der Waals surface area contributed by atoms with Gasteiger partial charge in [0.25, 0.3) is 0 Å². The molecule has 0 spiro atoms. The average molecular weight is 399 g/mol. The molecule has 3 aromatic rings. The van der Waals surface area contributed by atoms with E-state index < -0.39 is 0 Å². The molecule has 29 heavy (non-hydrogen) atoms. The van der Waals surface area contributed by atoms with Gasteiger partial charge in [0.15, 0.2) is 17.0 Å². The Balaban J connectivity index is 2.04. The first kappa shape index (κ1) is 21.0. The Kier molecular flexibility index (Phi) is 6.66. The van der Waals surface area contributed by atoms with Crippen molar-refractivity contribution in [1.29, 1.82) is 0 Å². The van der Waals surface area contributed by atoms with Crippen molar-refractivity contribution >= 4 is 22.9 Å². The number of aliphatic hydroxyl groups excluding tert-OH is 2. The van der Waals surface area contributed by atoms with Crippen LogP contribution in [-0.2, 0) is 0 Å². The standard InChI is InChI=1S/C21H30N6O2/c1-13(2)16(10-28)24-21-25-19(18-20(26-21)27(12-22-18)14(3)4)23-17(11-29)15-8-6-5-7-9-15/h5-9,12-14,16-17,28-29H,10-11H2,1-4H3,(H2,23,24,25,26)/t16-,17+/m0/s1. The second-order valence-corrected chi connectivity index (χ2v) is 7.78. The van der Waals surface area contributed by atoms with Gasteiger partial charge in [0.2, 0.25) is 5.95 Å². The summed E-state index contributed by atoms with van der Waals surface area (Å²) in [7, 11) is 0. The fraction of sp³-hybridized carbons (Fsp3) is 0.476. The molecule has 1 aromatic carbocycles. The molecule has 0 bridgehead atoms. The van der Waals surface area contributed by atoms with Gasteiger partial charge in [-0.15, -0.1) is 0 Å². The number of aromatic nitrogens is 4. The van der Waals surface area contributed by atoms with Crippen LogP contribution in [0.2, 0.25) is 0 Å². The van der Waals surface area contributed by atoms with Crippen LogP contribution in [0.5, 0.6) is 0 Å². The fourth-order valence-electron chi connectivity index (χ4n) is 3.13. The average Bonchev–Trinajstić information content (AvgIpc) is 3.15. The summed E-state index contributed by atoms with van der Waals surface area (Å²) >= 11 is 0. The van der Waals surface area contributed by atoms with Crippen LogP contribution in [0, 0.1) is 5.92 Å². The lowest BCUT2D eigenvalue weighted by Gasteiger charge is -2.22. The summed E-state index contributed by atoms with van der Waals surface area (Å²) in [6.07, 6.45) is 1.75. The maximum atomic E-state index is 9.95. The monoisotopic (exact) mass is 398 g/mol. The number of benzene rings is 1. The molecule has 4 N–H and O–H groups in total. The van der Waals surface area contributed by atoms with Gasteiger partial charge in [0.1, 0.15) is 0 Å². The molecule has 8 nitrogen and oxygen atoms in total. The maximum Gasteiger partial charge on any atom is 0.227 e. The topological polar surface area (TPSA) is 108 Å². The fourth-order valence-corrected chi connectivity index (χ4v) is 3.13. The first-order valence-corrected chi connectivity index (χ1v) is 9.98. The van der Waals surface area contributed by atoms with Gasteiger partial charge in [-0.05, 0) is 25.3 Å². The molecular weight excluding hydrogens is 368 g/mol. The highest BCUT2D eigenvalue weighted by molar-refractivity contribution is 5.84. The molecule has 0 saturated carbocycles. The Morgan fingerprint density at radius 2 is 1.69 bits per heavy atom. The number of fused-ring (bicyclic) bond motifs is 1. The summed E-state index contributed by atoms with van der Waals surface area (Å²) in [6, 6.07) is 9.40. The number of nitrogens with one attached hydrogen (secondary N) is 2. The Labute approximate surface area is 171 Å². The third kappa shape index (κ3) is 4.65. The van der Waals surface area contributed by atoms with E-state index in [0.717, 1.165) is 5.56 Å². The van der Waals surface area contributed by atoms with Crippen LogP contribution in [0.1, 0.15) is 45.3 Å². The minimum Gasteiger partial charge on any atom is -0.394 e. The first-order valence-electron chi connectivity index (χ1n) is 9.98. The first-order chi connectivity index (χ1) is 13.9. The highest BCUT2D eigenvalue weighted by Crippen LogP contribution is 2.27. The summed E-state index contributed by atoms with van der Waals surface area (Å²) in [5, 5.41) is 26.2. The van der Waals surface area contributed by atoms with E-state index in [9.17, 15) is 10.2 Å². The van der Waals surface area contributed by atoms with Gasteiger partial charge < -0.3 is 25.4 Å². The Morgan fingerprint density at radius 1 is 0.966 bits per heavy atom. The molecule has 0 fully saturated rings. The van der Waals surface area contributed by atoms with Crippen molar-refractivity contribution in [3.05, 3.63) is 42.2 Å². The van der Waals surface area contributed by atoms with Crippen LogP contribution in [0.15, 0.2) is 36.7 Å². The van der Waals surface area contributed by atoms with E-state index in [2.05, 4.69) is 39.4 Å². The molecule has 0 aliphatic rings. The molecule has 0 amide bonds. The smallest absolute Gasteiger partial charge is 0.227 e. The van der Waals surface area contributed by atoms with Crippen LogP contribution >= 0.6 is 0 Å². The van der Waals surface area contributed by atoms with E-state index in [1.54, 1.807) is 6.33 Å². The van der Waals surface area contributed by atoms with Gasteiger partial charge in [-0.1, -0.05) is 44.2 Å². The predicted molar refractivity (Wildman–Crippen MR) is 115 cm³/mol. The zero-order valence-corrected chi connectivity index (χ0v) is 17.4. The van der Waals surface area contributed by atoms with Crippen molar-refractivity contribution in [3.8, 4) is 0 Å². The number of hydrogen-bond acceptors (Lipinski definition) is 7. The van der Waals surface area contributed by atoms with Crippen molar-refractivity contribution in [2.75, 3.05) is 23.8 Å². The second-order valence-electron chi connectivity index (χ2n) is 7.78. The Morgan fingerprint density at radius 3 is 2.28 bits per heavy atom. The third-order valence-electron chi connectivity index (χ3n) is 4.99. The second kappa shape index (κ2) is 9.19. The number of anilines is 2. The van der Waals surface area contributed by atoms with E-state index in [0.29, 0.717) is 22.9 Å². The van der Waals surface area contributed by atoms with Crippen molar-refractivity contribution in [3.63, 3.8) is 0 Å². The summed E-state index contributed by atoms with van der Waals surface area (Å²) < 4.78 is 1.98. The molecule has 2 aromatic heterocycles. The number of nitrogens with zero attached hydrogens (tertiary/aromatic N) is 4. The van der Waals surface area contributed by atoms with Gasteiger partial charge in [-0.3, -0.25) is 0 Å².